The number of carbonyl (C=O) groups excluding carboxylic acids is 1. The highest BCUT2D eigenvalue weighted by Crippen LogP contribution is 2.24. The van der Waals surface area contributed by atoms with Gasteiger partial charge in [0, 0.05) is 24.3 Å². The Morgan fingerprint density at radius 2 is 1.85 bits per heavy atom. The van der Waals surface area contributed by atoms with Gasteiger partial charge in [0.25, 0.3) is 5.91 Å². The highest BCUT2D eigenvalue weighted by atomic mass is 32.2. The van der Waals surface area contributed by atoms with Crippen LogP contribution in [0.1, 0.15) is 29.6 Å². The van der Waals surface area contributed by atoms with Crippen LogP contribution in [0.5, 0.6) is 5.75 Å². The summed E-state index contributed by atoms with van der Waals surface area (Å²) in [7, 11) is -2.26. The first-order chi connectivity index (χ1) is 12.9. The summed E-state index contributed by atoms with van der Waals surface area (Å²) < 4.78 is 45.6. The van der Waals surface area contributed by atoms with Crippen molar-refractivity contribution in [1.82, 2.24) is 4.31 Å². The Morgan fingerprint density at radius 3 is 2.52 bits per heavy atom. The average Bonchev–Trinajstić information content (AvgIpc) is 2.68. The highest BCUT2D eigenvalue weighted by Gasteiger charge is 2.26. The largest absolute Gasteiger partial charge is 0.494 e. The second-order valence-corrected chi connectivity index (χ2v) is 8.23. The maximum atomic E-state index is 13.8. The Morgan fingerprint density at radius 1 is 1.11 bits per heavy atom. The van der Waals surface area contributed by atoms with Crippen LogP contribution in [-0.2, 0) is 10.0 Å². The lowest BCUT2D eigenvalue weighted by molar-refractivity contribution is 0.102. The number of hydrogen-bond donors (Lipinski definition) is 1. The van der Waals surface area contributed by atoms with E-state index in [0.717, 1.165) is 25.3 Å². The second-order valence-electron chi connectivity index (χ2n) is 6.30. The third-order valence-corrected chi connectivity index (χ3v) is 6.35. The number of carbonyl (C=O) groups is 1. The Labute approximate surface area is 158 Å². The van der Waals surface area contributed by atoms with Gasteiger partial charge in [-0.15, -0.1) is 0 Å². The van der Waals surface area contributed by atoms with Crippen molar-refractivity contribution in [3.8, 4) is 5.75 Å². The monoisotopic (exact) mass is 392 g/mol. The molecule has 1 aliphatic rings. The van der Waals surface area contributed by atoms with Crippen molar-refractivity contribution >= 4 is 21.6 Å². The van der Waals surface area contributed by atoms with Crippen molar-refractivity contribution in [3.05, 3.63) is 53.8 Å². The number of ether oxygens (including phenoxy) is 1. The molecule has 1 heterocycles. The molecular formula is C19H21FN2O4S. The van der Waals surface area contributed by atoms with Gasteiger partial charge < -0.3 is 10.1 Å². The molecule has 1 fully saturated rings. The maximum Gasteiger partial charge on any atom is 0.255 e. The van der Waals surface area contributed by atoms with Gasteiger partial charge in [-0.3, -0.25) is 4.79 Å². The minimum Gasteiger partial charge on any atom is -0.494 e. The summed E-state index contributed by atoms with van der Waals surface area (Å²) in [5.41, 5.74) is 0.437. The molecule has 6 nitrogen and oxygen atoms in total. The van der Waals surface area contributed by atoms with Gasteiger partial charge in [-0.05, 0) is 49.2 Å². The van der Waals surface area contributed by atoms with Crippen LogP contribution in [0.3, 0.4) is 0 Å². The molecule has 1 N–H and O–H groups in total. The molecule has 3 rings (SSSR count). The third-order valence-electron chi connectivity index (χ3n) is 4.46. The molecule has 144 valence electrons. The molecule has 2 aromatic carbocycles. The van der Waals surface area contributed by atoms with Gasteiger partial charge in [-0.25, -0.2) is 12.8 Å². The molecule has 1 aliphatic heterocycles. The lowest BCUT2D eigenvalue weighted by Crippen LogP contribution is -2.35. The zero-order valence-electron chi connectivity index (χ0n) is 14.9. The molecule has 1 amide bonds. The Balaban J connectivity index is 1.79. The van der Waals surface area contributed by atoms with Crippen LogP contribution in [0.25, 0.3) is 0 Å². The van der Waals surface area contributed by atoms with Crippen molar-refractivity contribution in [3.63, 3.8) is 0 Å². The van der Waals surface area contributed by atoms with Crippen LogP contribution >= 0.6 is 0 Å². The summed E-state index contributed by atoms with van der Waals surface area (Å²) in [5.74, 6) is -1.14. The van der Waals surface area contributed by atoms with Gasteiger partial charge in [0.1, 0.15) is 0 Å². The van der Waals surface area contributed by atoms with Gasteiger partial charge in [0.15, 0.2) is 11.6 Å². The quantitative estimate of drug-likeness (QED) is 0.847. The van der Waals surface area contributed by atoms with Crippen molar-refractivity contribution in [2.75, 3.05) is 25.5 Å². The van der Waals surface area contributed by atoms with E-state index in [4.69, 9.17) is 4.74 Å². The lowest BCUT2D eigenvalue weighted by atomic mass is 10.2. The van der Waals surface area contributed by atoms with E-state index in [9.17, 15) is 17.6 Å². The summed E-state index contributed by atoms with van der Waals surface area (Å²) in [6.07, 6.45) is 2.72. The number of halogens is 1. The highest BCUT2D eigenvalue weighted by molar-refractivity contribution is 7.89. The minimum absolute atomic E-state index is 0.0428. The SMILES string of the molecule is COc1ccc(C(=O)Nc2cccc(S(=O)(=O)N3CCCCC3)c2)cc1F. The normalized spacial score (nSPS) is 15.3. The van der Waals surface area contributed by atoms with E-state index in [1.807, 2.05) is 0 Å². The molecule has 0 aliphatic carbocycles. The van der Waals surface area contributed by atoms with Gasteiger partial charge in [-0.1, -0.05) is 12.5 Å². The fraction of sp³-hybridized carbons (Fsp3) is 0.316. The Hall–Kier alpha value is -2.45. The lowest BCUT2D eigenvalue weighted by Gasteiger charge is -2.26. The number of piperidine rings is 1. The molecule has 0 atom stereocenters. The molecule has 2 aromatic rings. The molecule has 0 radical (unpaired) electrons. The molecule has 8 heteroatoms. The molecule has 0 aromatic heterocycles. The van der Waals surface area contributed by atoms with Crippen molar-refractivity contribution in [2.45, 2.75) is 24.2 Å². The topological polar surface area (TPSA) is 75.7 Å². The number of nitrogens with zero attached hydrogens (tertiary/aromatic N) is 1. The van der Waals surface area contributed by atoms with Gasteiger partial charge in [0.2, 0.25) is 10.0 Å². The Kier molecular flexibility index (Phi) is 5.76. The number of hydrogen-bond acceptors (Lipinski definition) is 4. The van der Waals surface area contributed by atoms with Crippen LogP contribution in [0.4, 0.5) is 10.1 Å². The fourth-order valence-electron chi connectivity index (χ4n) is 3.00. The third kappa shape index (κ3) is 4.28. The Bertz CT molecular complexity index is 940. The maximum absolute atomic E-state index is 13.8. The van der Waals surface area contributed by atoms with Crippen LogP contribution in [0.2, 0.25) is 0 Å². The minimum atomic E-state index is -3.60. The van der Waals surface area contributed by atoms with E-state index in [-0.39, 0.29) is 16.2 Å². The first-order valence-corrected chi connectivity index (χ1v) is 10.1. The van der Waals surface area contributed by atoms with E-state index in [1.54, 1.807) is 12.1 Å². The summed E-state index contributed by atoms with van der Waals surface area (Å²) in [4.78, 5) is 12.5. The standard InChI is InChI=1S/C19H21FN2O4S/c1-26-18-9-8-14(12-17(18)20)19(23)21-15-6-5-7-16(13-15)27(24,25)22-10-3-2-4-11-22/h5-9,12-13H,2-4,10-11H2,1H3,(H,21,23). The number of benzene rings is 2. The van der Waals surface area contributed by atoms with Gasteiger partial charge in [0.05, 0.1) is 12.0 Å². The van der Waals surface area contributed by atoms with E-state index >= 15 is 0 Å². The number of anilines is 1. The predicted molar refractivity (Wildman–Crippen MR) is 100.0 cm³/mol. The van der Waals surface area contributed by atoms with Crippen LogP contribution in [0.15, 0.2) is 47.4 Å². The molecule has 0 saturated carbocycles. The molecule has 1 saturated heterocycles. The number of sulfonamides is 1. The molecule has 0 spiro atoms. The number of nitrogens with one attached hydrogen (secondary N) is 1. The van der Waals surface area contributed by atoms with E-state index < -0.39 is 21.7 Å². The van der Waals surface area contributed by atoms with E-state index in [1.165, 1.54) is 35.7 Å². The number of rotatable bonds is 5. The molecule has 27 heavy (non-hydrogen) atoms. The van der Waals surface area contributed by atoms with E-state index in [0.29, 0.717) is 18.8 Å². The van der Waals surface area contributed by atoms with Crippen molar-refractivity contribution in [1.29, 1.82) is 0 Å². The molecule has 0 bridgehead atoms. The summed E-state index contributed by atoms with van der Waals surface area (Å²) in [5, 5.41) is 2.61. The molecule has 0 unspecified atom stereocenters. The summed E-state index contributed by atoms with van der Waals surface area (Å²) >= 11 is 0. The first kappa shape index (κ1) is 19.3. The summed E-state index contributed by atoms with van der Waals surface area (Å²) in [6, 6.07) is 9.96. The van der Waals surface area contributed by atoms with Crippen LogP contribution in [0, 0.1) is 5.82 Å². The molecular weight excluding hydrogens is 371 g/mol. The smallest absolute Gasteiger partial charge is 0.255 e. The number of amides is 1. The van der Waals surface area contributed by atoms with E-state index in [2.05, 4.69) is 5.32 Å². The van der Waals surface area contributed by atoms with Crippen LogP contribution < -0.4 is 10.1 Å². The van der Waals surface area contributed by atoms with Crippen molar-refractivity contribution < 1.29 is 22.3 Å². The average molecular weight is 392 g/mol. The fourth-order valence-corrected chi connectivity index (χ4v) is 4.56. The number of methoxy groups -OCH3 is 1. The van der Waals surface area contributed by atoms with Crippen molar-refractivity contribution in [2.24, 2.45) is 0 Å². The second kappa shape index (κ2) is 8.06. The zero-order valence-corrected chi connectivity index (χ0v) is 15.8. The van der Waals surface area contributed by atoms with Gasteiger partial charge in [-0.2, -0.15) is 4.31 Å². The first-order valence-electron chi connectivity index (χ1n) is 8.67. The predicted octanol–water partition coefficient (Wildman–Crippen LogP) is 3.26. The van der Waals surface area contributed by atoms with Crippen LogP contribution in [-0.4, -0.2) is 38.8 Å². The zero-order chi connectivity index (χ0) is 19.4. The summed E-state index contributed by atoms with van der Waals surface area (Å²) in [6.45, 7) is 1.01. The van der Waals surface area contributed by atoms with Gasteiger partial charge >= 0.3 is 0 Å².